The van der Waals surface area contributed by atoms with Gasteiger partial charge < -0.3 is 5.32 Å². The summed E-state index contributed by atoms with van der Waals surface area (Å²) in [5.41, 5.74) is 2.68. The number of hydrogen-bond acceptors (Lipinski definition) is 3. The lowest BCUT2D eigenvalue weighted by Crippen LogP contribution is -2.51. The molecule has 3 rings (SSSR count). The highest BCUT2D eigenvalue weighted by molar-refractivity contribution is 5.21. The summed E-state index contributed by atoms with van der Waals surface area (Å²) >= 11 is 0. The molecule has 1 aliphatic heterocycles. The first-order valence-corrected chi connectivity index (χ1v) is 7.78. The molecular weight excluding hydrogens is 258 g/mol. The minimum Gasteiger partial charge on any atom is -0.311 e. The van der Waals surface area contributed by atoms with Crippen molar-refractivity contribution in [1.29, 1.82) is 0 Å². The highest BCUT2D eigenvalue weighted by Gasteiger charge is 2.28. The lowest BCUT2D eigenvalue weighted by molar-refractivity contribution is 0.120. The Morgan fingerprint density at radius 3 is 2.76 bits per heavy atom. The van der Waals surface area contributed by atoms with Crippen LogP contribution in [0.3, 0.4) is 0 Å². The minimum absolute atomic E-state index is 0.439. The highest BCUT2D eigenvalue weighted by atomic mass is 15.2. The Morgan fingerprint density at radius 1 is 1.19 bits per heavy atom. The van der Waals surface area contributed by atoms with E-state index in [1.165, 1.54) is 17.5 Å². The van der Waals surface area contributed by atoms with Crippen LogP contribution < -0.4 is 5.32 Å². The first-order chi connectivity index (χ1) is 10.4. The molecule has 21 heavy (non-hydrogen) atoms. The third kappa shape index (κ3) is 3.49. The van der Waals surface area contributed by atoms with Gasteiger partial charge in [0.1, 0.15) is 0 Å². The van der Waals surface area contributed by atoms with Crippen molar-refractivity contribution in [3.8, 4) is 0 Å². The first kappa shape index (κ1) is 14.2. The van der Waals surface area contributed by atoms with E-state index >= 15 is 0 Å². The van der Waals surface area contributed by atoms with Gasteiger partial charge in [0.25, 0.3) is 0 Å². The van der Waals surface area contributed by atoms with Gasteiger partial charge in [-0.25, -0.2) is 0 Å². The van der Waals surface area contributed by atoms with Crippen molar-refractivity contribution < 1.29 is 0 Å². The second-order valence-corrected chi connectivity index (χ2v) is 5.73. The van der Waals surface area contributed by atoms with Crippen LogP contribution in [0, 0.1) is 0 Å². The summed E-state index contributed by atoms with van der Waals surface area (Å²) in [4.78, 5) is 6.83. The Bertz CT molecular complexity index is 541. The largest absolute Gasteiger partial charge is 0.311 e. The molecule has 2 atom stereocenters. The molecule has 0 bridgehead atoms. The van der Waals surface area contributed by atoms with E-state index < -0.39 is 0 Å². The SMILES string of the molecule is CCC1CN(Cc2cccnc2)C(c2ccccc2)CN1. The van der Waals surface area contributed by atoms with Crippen LogP contribution in [0.25, 0.3) is 0 Å². The van der Waals surface area contributed by atoms with Crippen molar-refractivity contribution in [2.24, 2.45) is 0 Å². The molecule has 3 heteroatoms. The molecule has 2 heterocycles. The van der Waals surface area contributed by atoms with E-state index in [1.807, 2.05) is 18.5 Å². The van der Waals surface area contributed by atoms with Gasteiger partial charge in [0.05, 0.1) is 0 Å². The van der Waals surface area contributed by atoms with Crippen molar-refractivity contribution in [2.45, 2.75) is 32.0 Å². The molecule has 2 unspecified atom stereocenters. The summed E-state index contributed by atoms with van der Waals surface area (Å²) < 4.78 is 0. The van der Waals surface area contributed by atoms with Crippen molar-refractivity contribution in [3.05, 3.63) is 66.0 Å². The van der Waals surface area contributed by atoms with Crippen molar-refractivity contribution in [1.82, 2.24) is 15.2 Å². The van der Waals surface area contributed by atoms with E-state index in [1.54, 1.807) is 0 Å². The van der Waals surface area contributed by atoms with Crippen LogP contribution in [0.1, 0.15) is 30.5 Å². The molecule has 3 nitrogen and oxygen atoms in total. The van der Waals surface area contributed by atoms with Crippen LogP contribution in [0.5, 0.6) is 0 Å². The summed E-state index contributed by atoms with van der Waals surface area (Å²) in [7, 11) is 0. The van der Waals surface area contributed by atoms with Gasteiger partial charge in [-0.1, -0.05) is 43.3 Å². The van der Waals surface area contributed by atoms with Crippen LogP contribution in [-0.2, 0) is 6.54 Å². The van der Waals surface area contributed by atoms with Crippen molar-refractivity contribution in [2.75, 3.05) is 13.1 Å². The molecule has 1 saturated heterocycles. The van der Waals surface area contributed by atoms with E-state index in [-0.39, 0.29) is 0 Å². The Morgan fingerprint density at radius 2 is 2.05 bits per heavy atom. The molecule has 1 N–H and O–H groups in total. The molecule has 0 amide bonds. The summed E-state index contributed by atoms with van der Waals surface area (Å²) in [6, 6.07) is 16.0. The average Bonchev–Trinajstić information content (AvgIpc) is 2.56. The summed E-state index contributed by atoms with van der Waals surface area (Å²) in [5, 5.41) is 3.68. The van der Waals surface area contributed by atoms with E-state index in [0.29, 0.717) is 12.1 Å². The van der Waals surface area contributed by atoms with Gasteiger partial charge in [-0.15, -0.1) is 0 Å². The number of pyridine rings is 1. The molecule has 0 saturated carbocycles. The fraction of sp³-hybridized carbons (Fsp3) is 0.389. The minimum atomic E-state index is 0.439. The van der Waals surface area contributed by atoms with Gasteiger partial charge in [0.2, 0.25) is 0 Å². The van der Waals surface area contributed by atoms with Gasteiger partial charge in [0.15, 0.2) is 0 Å². The Balaban J connectivity index is 1.80. The highest BCUT2D eigenvalue weighted by Crippen LogP contribution is 2.25. The van der Waals surface area contributed by atoms with E-state index in [2.05, 4.69) is 58.5 Å². The maximum Gasteiger partial charge on any atom is 0.0476 e. The molecule has 0 aliphatic carbocycles. The van der Waals surface area contributed by atoms with Crippen LogP contribution in [0.4, 0.5) is 0 Å². The average molecular weight is 281 g/mol. The second kappa shape index (κ2) is 6.83. The maximum absolute atomic E-state index is 4.24. The zero-order valence-corrected chi connectivity index (χ0v) is 12.6. The van der Waals surface area contributed by atoms with Gasteiger partial charge >= 0.3 is 0 Å². The third-order valence-corrected chi connectivity index (χ3v) is 4.28. The lowest BCUT2D eigenvalue weighted by atomic mass is 9.99. The molecule has 1 aromatic heterocycles. The number of hydrogen-bond donors (Lipinski definition) is 1. The molecule has 0 spiro atoms. The standard InChI is InChI=1S/C18H23N3/c1-2-17-14-21(13-15-7-6-10-19-11-15)18(12-20-17)16-8-4-3-5-9-16/h3-11,17-18,20H,2,12-14H2,1H3. The zero-order valence-electron chi connectivity index (χ0n) is 12.6. The predicted octanol–water partition coefficient (Wildman–Crippen LogP) is 3.01. The lowest BCUT2D eigenvalue weighted by Gasteiger charge is -2.40. The third-order valence-electron chi connectivity index (χ3n) is 4.28. The number of rotatable bonds is 4. The van der Waals surface area contributed by atoms with Crippen LogP contribution in [0.15, 0.2) is 54.9 Å². The molecule has 2 aromatic rings. The Labute approximate surface area is 127 Å². The van der Waals surface area contributed by atoms with Gasteiger partial charge in [-0.2, -0.15) is 0 Å². The second-order valence-electron chi connectivity index (χ2n) is 5.73. The predicted molar refractivity (Wildman–Crippen MR) is 85.9 cm³/mol. The van der Waals surface area contributed by atoms with Gasteiger partial charge in [0, 0.05) is 44.1 Å². The number of piperazine rings is 1. The van der Waals surface area contributed by atoms with Gasteiger partial charge in [-0.05, 0) is 23.6 Å². The zero-order chi connectivity index (χ0) is 14.5. The number of aromatic nitrogens is 1. The first-order valence-electron chi connectivity index (χ1n) is 7.78. The Hall–Kier alpha value is -1.71. The molecular formula is C18H23N3. The van der Waals surface area contributed by atoms with E-state index in [9.17, 15) is 0 Å². The number of nitrogens with zero attached hydrogens (tertiary/aromatic N) is 2. The number of benzene rings is 1. The topological polar surface area (TPSA) is 28.2 Å². The van der Waals surface area contributed by atoms with E-state index in [0.717, 1.165) is 19.6 Å². The van der Waals surface area contributed by atoms with Crippen molar-refractivity contribution in [3.63, 3.8) is 0 Å². The molecule has 1 fully saturated rings. The smallest absolute Gasteiger partial charge is 0.0476 e. The summed E-state index contributed by atoms with van der Waals surface area (Å²) in [6.45, 7) is 5.32. The van der Waals surface area contributed by atoms with Gasteiger partial charge in [-0.3, -0.25) is 9.88 Å². The quantitative estimate of drug-likeness (QED) is 0.934. The number of nitrogens with one attached hydrogen (secondary N) is 1. The fourth-order valence-corrected chi connectivity index (χ4v) is 3.06. The molecule has 110 valence electrons. The summed E-state index contributed by atoms with van der Waals surface area (Å²) in [6.07, 6.45) is 4.99. The van der Waals surface area contributed by atoms with Crippen LogP contribution in [0.2, 0.25) is 0 Å². The fourth-order valence-electron chi connectivity index (χ4n) is 3.06. The molecule has 1 aliphatic rings. The maximum atomic E-state index is 4.24. The Kier molecular flexibility index (Phi) is 4.63. The van der Waals surface area contributed by atoms with E-state index in [4.69, 9.17) is 0 Å². The van der Waals surface area contributed by atoms with Crippen LogP contribution >= 0.6 is 0 Å². The van der Waals surface area contributed by atoms with Crippen molar-refractivity contribution >= 4 is 0 Å². The monoisotopic (exact) mass is 281 g/mol. The normalized spacial score (nSPS) is 23.1. The summed E-state index contributed by atoms with van der Waals surface area (Å²) in [5.74, 6) is 0. The molecule has 0 radical (unpaired) electrons. The molecule has 1 aromatic carbocycles. The van der Waals surface area contributed by atoms with Crippen LogP contribution in [-0.4, -0.2) is 29.0 Å².